The third-order valence-corrected chi connectivity index (χ3v) is 4.12. The number of benzene rings is 1. The highest BCUT2D eigenvalue weighted by Crippen LogP contribution is 2.20. The van der Waals surface area contributed by atoms with E-state index in [1.807, 2.05) is 6.92 Å². The monoisotopic (exact) mass is 432 g/mol. The molecular formula is C17H29IN4O. The van der Waals surface area contributed by atoms with Gasteiger partial charge in [0.25, 0.3) is 0 Å². The Hall–Kier alpha value is -0.860. The zero-order valence-corrected chi connectivity index (χ0v) is 16.6. The summed E-state index contributed by atoms with van der Waals surface area (Å²) in [5.41, 5.74) is 8.83. The molecule has 2 atom stereocenters. The van der Waals surface area contributed by atoms with E-state index in [4.69, 9.17) is 10.5 Å². The summed E-state index contributed by atoms with van der Waals surface area (Å²) in [6.45, 7) is 7.65. The molecule has 5 nitrogen and oxygen atoms in total. The molecule has 0 spiro atoms. The van der Waals surface area contributed by atoms with E-state index in [1.165, 1.54) is 11.1 Å². The van der Waals surface area contributed by atoms with Crippen LogP contribution in [-0.4, -0.2) is 49.7 Å². The number of rotatable bonds is 6. The van der Waals surface area contributed by atoms with Crippen molar-refractivity contribution >= 4 is 29.9 Å². The van der Waals surface area contributed by atoms with E-state index >= 15 is 0 Å². The maximum Gasteiger partial charge on any atom is 0.188 e. The predicted octanol–water partition coefficient (Wildman–Crippen LogP) is 1.99. The average Bonchev–Trinajstić information content (AvgIpc) is 2.52. The Labute approximate surface area is 156 Å². The second kappa shape index (κ2) is 10.1. The molecule has 0 saturated heterocycles. The standard InChI is InChI=1S/C17H28N4O.HI/c1-13(12-22-3)20-17(18)19-10-14(2)21-9-8-15-6-4-5-7-16(15)11-21;/h4-7,13-14H,8-12H2,1-3H3,(H3,18,19,20);1H. The van der Waals surface area contributed by atoms with Crippen molar-refractivity contribution in [2.24, 2.45) is 10.7 Å². The number of nitrogens with one attached hydrogen (secondary N) is 1. The van der Waals surface area contributed by atoms with Crippen molar-refractivity contribution in [3.05, 3.63) is 35.4 Å². The molecule has 1 aromatic rings. The molecule has 0 saturated carbocycles. The molecule has 0 radical (unpaired) electrons. The van der Waals surface area contributed by atoms with E-state index in [1.54, 1.807) is 7.11 Å². The van der Waals surface area contributed by atoms with Crippen LogP contribution in [0.1, 0.15) is 25.0 Å². The summed E-state index contributed by atoms with van der Waals surface area (Å²) in [4.78, 5) is 6.93. The number of nitrogens with zero attached hydrogens (tertiary/aromatic N) is 2. The van der Waals surface area contributed by atoms with Crippen molar-refractivity contribution in [1.29, 1.82) is 0 Å². The van der Waals surface area contributed by atoms with Gasteiger partial charge in [-0.25, -0.2) is 0 Å². The zero-order chi connectivity index (χ0) is 15.9. The first-order valence-electron chi connectivity index (χ1n) is 7.96. The molecule has 1 aliphatic heterocycles. The van der Waals surface area contributed by atoms with Gasteiger partial charge in [-0.1, -0.05) is 24.3 Å². The highest BCUT2D eigenvalue weighted by atomic mass is 127. The minimum Gasteiger partial charge on any atom is -0.383 e. The molecule has 1 heterocycles. The first kappa shape index (κ1) is 20.2. The van der Waals surface area contributed by atoms with Gasteiger partial charge in [-0.2, -0.15) is 0 Å². The molecule has 2 rings (SSSR count). The third-order valence-electron chi connectivity index (χ3n) is 4.12. The van der Waals surface area contributed by atoms with Crippen molar-refractivity contribution in [2.75, 3.05) is 26.8 Å². The second-order valence-corrected chi connectivity index (χ2v) is 6.06. The van der Waals surface area contributed by atoms with Crippen LogP contribution in [-0.2, 0) is 17.7 Å². The van der Waals surface area contributed by atoms with Crippen molar-refractivity contribution in [3.63, 3.8) is 0 Å². The van der Waals surface area contributed by atoms with Crippen LogP contribution < -0.4 is 11.1 Å². The molecular weight excluding hydrogens is 403 g/mol. The maximum absolute atomic E-state index is 5.92. The van der Waals surface area contributed by atoms with Crippen LogP contribution in [0.15, 0.2) is 29.3 Å². The summed E-state index contributed by atoms with van der Waals surface area (Å²) in [5, 5.41) is 3.14. The van der Waals surface area contributed by atoms with E-state index < -0.39 is 0 Å². The summed E-state index contributed by atoms with van der Waals surface area (Å²) in [5.74, 6) is 0.494. The van der Waals surface area contributed by atoms with Gasteiger partial charge in [0.15, 0.2) is 5.96 Å². The Balaban J connectivity index is 0.00000264. The van der Waals surface area contributed by atoms with Crippen LogP contribution in [0.4, 0.5) is 0 Å². The summed E-state index contributed by atoms with van der Waals surface area (Å²) < 4.78 is 5.08. The number of nitrogens with two attached hydrogens (primary N) is 1. The lowest BCUT2D eigenvalue weighted by atomic mass is 9.99. The fourth-order valence-electron chi connectivity index (χ4n) is 2.83. The number of methoxy groups -OCH3 is 1. The highest BCUT2D eigenvalue weighted by Gasteiger charge is 2.20. The van der Waals surface area contributed by atoms with Crippen LogP contribution in [0.3, 0.4) is 0 Å². The number of guanidine groups is 1. The average molecular weight is 432 g/mol. The van der Waals surface area contributed by atoms with Crippen LogP contribution in [0.25, 0.3) is 0 Å². The van der Waals surface area contributed by atoms with Crippen LogP contribution in [0, 0.1) is 0 Å². The molecule has 0 amide bonds. The maximum atomic E-state index is 5.92. The van der Waals surface area contributed by atoms with Gasteiger partial charge in [0.2, 0.25) is 0 Å². The van der Waals surface area contributed by atoms with Gasteiger partial charge in [0.1, 0.15) is 0 Å². The number of hydrogen-bond donors (Lipinski definition) is 2. The van der Waals surface area contributed by atoms with Gasteiger partial charge in [0, 0.05) is 32.3 Å². The molecule has 130 valence electrons. The van der Waals surface area contributed by atoms with Gasteiger partial charge in [-0.3, -0.25) is 9.89 Å². The summed E-state index contributed by atoms with van der Waals surface area (Å²) in [6.07, 6.45) is 1.11. The Bertz CT molecular complexity index is 509. The summed E-state index contributed by atoms with van der Waals surface area (Å²) in [6, 6.07) is 9.24. The Morgan fingerprint density at radius 3 is 2.74 bits per heavy atom. The number of hydrogen-bond acceptors (Lipinski definition) is 3. The van der Waals surface area contributed by atoms with E-state index in [9.17, 15) is 0 Å². The van der Waals surface area contributed by atoms with Gasteiger partial charge in [-0.05, 0) is 31.4 Å². The van der Waals surface area contributed by atoms with Crippen molar-refractivity contribution < 1.29 is 4.74 Å². The number of ether oxygens (including phenoxy) is 1. The number of aliphatic imine (C=N–C) groups is 1. The van der Waals surface area contributed by atoms with Gasteiger partial charge < -0.3 is 15.8 Å². The van der Waals surface area contributed by atoms with E-state index in [2.05, 4.69) is 46.4 Å². The molecule has 23 heavy (non-hydrogen) atoms. The Morgan fingerprint density at radius 2 is 2.04 bits per heavy atom. The normalized spacial score (nSPS) is 17.8. The lowest BCUT2D eigenvalue weighted by Crippen LogP contribution is -2.43. The van der Waals surface area contributed by atoms with E-state index in [0.717, 1.165) is 19.5 Å². The molecule has 3 N–H and O–H groups in total. The molecule has 0 aliphatic carbocycles. The van der Waals surface area contributed by atoms with Crippen molar-refractivity contribution in [2.45, 2.75) is 38.9 Å². The number of fused-ring (bicyclic) bond motifs is 1. The summed E-state index contributed by atoms with van der Waals surface area (Å²) in [7, 11) is 1.68. The molecule has 1 aromatic carbocycles. The topological polar surface area (TPSA) is 62.9 Å². The molecule has 0 aromatic heterocycles. The smallest absolute Gasteiger partial charge is 0.188 e. The van der Waals surface area contributed by atoms with E-state index in [-0.39, 0.29) is 30.0 Å². The van der Waals surface area contributed by atoms with Crippen LogP contribution >= 0.6 is 24.0 Å². The largest absolute Gasteiger partial charge is 0.383 e. The minimum atomic E-state index is 0. The molecule has 2 unspecified atom stereocenters. The zero-order valence-electron chi connectivity index (χ0n) is 14.3. The lowest BCUT2D eigenvalue weighted by Gasteiger charge is -2.33. The quantitative estimate of drug-likeness (QED) is 0.410. The van der Waals surface area contributed by atoms with Gasteiger partial charge in [0.05, 0.1) is 13.2 Å². The SMILES string of the molecule is COCC(C)NC(N)=NCC(C)N1CCc2ccccc2C1.I. The Kier molecular flexibility index (Phi) is 8.86. The Morgan fingerprint density at radius 1 is 1.35 bits per heavy atom. The summed E-state index contributed by atoms with van der Waals surface area (Å²) >= 11 is 0. The third kappa shape index (κ3) is 6.27. The highest BCUT2D eigenvalue weighted by molar-refractivity contribution is 14.0. The first-order chi connectivity index (χ1) is 10.6. The van der Waals surface area contributed by atoms with Gasteiger partial charge in [-0.15, -0.1) is 24.0 Å². The van der Waals surface area contributed by atoms with E-state index in [0.29, 0.717) is 25.2 Å². The minimum absolute atomic E-state index is 0. The molecule has 0 fully saturated rings. The van der Waals surface area contributed by atoms with Crippen LogP contribution in [0.5, 0.6) is 0 Å². The first-order valence-corrected chi connectivity index (χ1v) is 7.96. The van der Waals surface area contributed by atoms with Crippen LogP contribution in [0.2, 0.25) is 0 Å². The van der Waals surface area contributed by atoms with Crippen molar-refractivity contribution in [3.8, 4) is 0 Å². The van der Waals surface area contributed by atoms with Gasteiger partial charge >= 0.3 is 0 Å². The molecule has 1 aliphatic rings. The molecule has 0 bridgehead atoms. The lowest BCUT2D eigenvalue weighted by molar-refractivity contribution is 0.179. The fraction of sp³-hybridized carbons (Fsp3) is 0.588. The predicted molar refractivity (Wildman–Crippen MR) is 106 cm³/mol. The fourth-order valence-corrected chi connectivity index (χ4v) is 2.83. The number of halogens is 1. The molecule has 6 heteroatoms. The van der Waals surface area contributed by atoms with Crippen molar-refractivity contribution in [1.82, 2.24) is 10.2 Å². The second-order valence-electron chi connectivity index (χ2n) is 6.06.